The van der Waals surface area contributed by atoms with Crippen molar-refractivity contribution in [3.63, 3.8) is 0 Å². The van der Waals surface area contributed by atoms with Gasteiger partial charge in [0.2, 0.25) is 5.91 Å². The first kappa shape index (κ1) is 13.2. The summed E-state index contributed by atoms with van der Waals surface area (Å²) in [6, 6.07) is 6.52. The average Bonchev–Trinajstić information content (AvgIpc) is 3.03. The average molecular weight is 271 g/mol. The Morgan fingerprint density at radius 2 is 2.35 bits per heavy atom. The van der Waals surface area contributed by atoms with Crippen molar-refractivity contribution < 1.29 is 4.79 Å². The van der Waals surface area contributed by atoms with Crippen molar-refractivity contribution in [2.75, 3.05) is 6.54 Å². The highest BCUT2D eigenvalue weighted by Gasteiger charge is 2.24. The third-order valence-electron chi connectivity index (χ3n) is 4.21. The highest BCUT2D eigenvalue weighted by Crippen LogP contribution is 2.19. The number of rotatable bonds is 3. The van der Waals surface area contributed by atoms with Gasteiger partial charge in [0.1, 0.15) is 5.82 Å². The molecule has 3 rings (SSSR count). The second kappa shape index (κ2) is 5.27. The lowest BCUT2D eigenvalue weighted by Crippen LogP contribution is -2.33. The van der Waals surface area contributed by atoms with E-state index in [1.165, 1.54) is 5.56 Å². The van der Waals surface area contributed by atoms with Gasteiger partial charge in [0.25, 0.3) is 0 Å². The Morgan fingerprint density at radius 3 is 3.05 bits per heavy atom. The number of imidazole rings is 1. The third-order valence-corrected chi connectivity index (χ3v) is 4.21. The molecule has 2 heterocycles. The van der Waals surface area contributed by atoms with Gasteiger partial charge in [-0.1, -0.05) is 12.1 Å². The van der Waals surface area contributed by atoms with Crippen molar-refractivity contribution in [1.82, 2.24) is 14.9 Å². The van der Waals surface area contributed by atoms with E-state index in [2.05, 4.69) is 29.9 Å². The van der Waals surface area contributed by atoms with Crippen LogP contribution in [0.15, 0.2) is 18.2 Å². The number of fused-ring (bicyclic) bond motifs is 1. The Balaban J connectivity index is 1.68. The van der Waals surface area contributed by atoms with Gasteiger partial charge in [-0.3, -0.25) is 4.79 Å². The summed E-state index contributed by atoms with van der Waals surface area (Å²) in [5, 5.41) is 0. The molecule has 0 aliphatic carbocycles. The fourth-order valence-corrected chi connectivity index (χ4v) is 3.02. The number of para-hydroxylation sites is 1. The Labute approximate surface area is 119 Å². The van der Waals surface area contributed by atoms with Gasteiger partial charge in [0.15, 0.2) is 0 Å². The van der Waals surface area contributed by atoms with E-state index in [9.17, 15) is 4.79 Å². The molecule has 1 aliphatic rings. The van der Waals surface area contributed by atoms with Gasteiger partial charge >= 0.3 is 0 Å². The van der Waals surface area contributed by atoms with Gasteiger partial charge in [-0.15, -0.1) is 0 Å². The van der Waals surface area contributed by atoms with E-state index < -0.39 is 0 Å². The topological polar surface area (TPSA) is 49.0 Å². The van der Waals surface area contributed by atoms with Crippen LogP contribution in [0.4, 0.5) is 0 Å². The number of aromatic amines is 1. The Kier molecular flexibility index (Phi) is 3.47. The van der Waals surface area contributed by atoms with Crippen LogP contribution in [0, 0.1) is 6.92 Å². The lowest BCUT2D eigenvalue weighted by Gasteiger charge is -2.21. The van der Waals surface area contributed by atoms with Crippen LogP contribution < -0.4 is 0 Å². The molecule has 1 fully saturated rings. The molecule has 1 atom stereocenters. The van der Waals surface area contributed by atoms with Gasteiger partial charge in [-0.25, -0.2) is 4.98 Å². The maximum atomic E-state index is 12.2. The van der Waals surface area contributed by atoms with E-state index in [0.717, 1.165) is 36.2 Å². The highest BCUT2D eigenvalue weighted by molar-refractivity contribution is 5.79. The number of aromatic nitrogens is 2. The molecular formula is C16H21N3O. The van der Waals surface area contributed by atoms with Gasteiger partial charge in [0.05, 0.1) is 11.0 Å². The van der Waals surface area contributed by atoms with E-state index in [-0.39, 0.29) is 5.91 Å². The van der Waals surface area contributed by atoms with Crippen molar-refractivity contribution in [1.29, 1.82) is 0 Å². The second-order valence-electron chi connectivity index (χ2n) is 5.73. The van der Waals surface area contributed by atoms with Crippen LogP contribution in [0.3, 0.4) is 0 Å². The first-order valence-electron chi connectivity index (χ1n) is 7.39. The number of amides is 1. The smallest absolute Gasteiger partial charge is 0.223 e. The third kappa shape index (κ3) is 2.42. The number of likely N-dealkylation sites (tertiary alicyclic amines) is 1. The molecular weight excluding hydrogens is 250 g/mol. The molecule has 1 aromatic carbocycles. The number of carbonyl (C=O) groups excluding carboxylic acids is 1. The number of carbonyl (C=O) groups is 1. The molecule has 20 heavy (non-hydrogen) atoms. The zero-order chi connectivity index (χ0) is 14.1. The van der Waals surface area contributed by atoms with Crippen molar-refractivity contribution >= 4 is 16.9 Å². The quantitative estimate of drug-likeness (QED) is 0.933. The molecule has 0 spiro atoms. The minimum atomic E-state index is 0.257. The van der Waals surface area contributed by atoms with Crippen LogP contribution in [0.25, 0.3) is 11.0 Å². The molecule has 4 nitrogen and oxygen atoms in total. The maximum Gasteiger partial charge on any atom is 0.223 e. The Hall–Kier alpha value is -1.84. The fraction of sp³-hybridized carbons (Fsp3) is 0.500. The number of aryl methyl sites for hydroxylation is 2. The minimum absolute atomic E-state index is 0.257. The predicted molar refractivity (Wildman–Crippen MR) is 79.6 cm³/mol. The molecule has 1 saturated heterocycles. The summed E-state index contributed by atoms with van der Waals surface area (Å²) < 4.78 is 0. The SMILES string of the molecule is Cc1cccc2[nH]c(CCC(=O)N3CCCC3C)nc12. The largest absolute Gasteiger partial charge is 0.342 e. The molecule has 1 aromatic heterocycles. The molecule has 1 N–H and O–H groups in total. The molecule has 106 valence electrons. The van der Waals surface area contributed by atoms with Crippen LogP contribution >= 0.6 is 0 Å². The summed E-state index contributed by atoms with van der Waals surface area (Å²) in [6.07, 6.45) is 3.51. The first-order chi connectivity index (χ1) is 9.65. The van der Waals surface area contributed by atoms with Crippen molar-refractivity contribution in [3.05, 3.63) is 29.6 Å². The molecule has 1 amide bonds. The molecule has 1 unspecified atom stereocenters. The summed E-state index contributed by atoms with van der Waals surface area (Å²) in [6.45, 7) is 5.11. The Morgan fingerprint density at radius 1 is 1.50 bits per heavy atom. The van der Waals surface area contributed by atoms with Gasteiger partial charge in [0, 0.05) is 25.4 Å². The summed E-state index contributed by atoms with van der Waals surface area (Å²) in [4.78, 5) is 22.1. The zero-order valence-electron chi connectivity index (χ0n) is 12.1. The van der Waals surface area contributed by atoms with Crippen molar-refractivity contribution in [3.8, 4) is 0 Å². The summed E-state index contributed by atoms with van der Waals surface area (Å²) in [5.74, 6) is 1.17. The highest BCUT2D eigenvalue weighted by atomic mass is 16.2. The fourth-order valence-electron chi connectivity index (χ4n) is 3.02. The van der Waals surface area contributed by atoms with Gasteiger partial charge < -0.3 is 9.88 Å². The van der Waals surface area contributed by atoms with Crippen molar-refractivity contribution in [2.24, 2.45) is 0 Å². The van der Waals surface area contributed by atoms with Crippen molar-refractivity contribution in [2.45, 2.75) is 45.6 Å². The summed E-state index contributed by atoms with van der Waals surface area (Å²) >= 11 is 0. The monoisotopic (exact) mass is 271 g/mol. The molecule has 0 radical (unpaired) electrons. The van der Waals surface area contributed by atoms with Crippen LogP contribution in [0.1, 0.15) is 37.6 Å². The number of nitrogens with one attached hydrogen (secondary N) is 1. The molecule has 4 heteroatoms. The molecule has 0 saturated carbocycles. The first-order valence-corrected chi connectivity index (χ1v) is 7.39. The lowest BCUT2D eigenvalue weighted by atomic mass is 10.2. The Bertz CT molecular complexity index is 632. The van der Waals surface area contributed by atoms with Crippen LogP contribution in [-0.4, -0.2) is 33.4 Å². The lowest BCUT2D eigenvalue weighted by molar-refractivity contribution is -0.131. The number of hydrogen-bond acceptors (Lipinski definition) is 2. The van der Waals surface area contributed by atoms with E-state index >= 15 is 0 Å². The standard InChI is InChI=1S/C16H21N3O/c1-11-5-3-7-13-16(11)18-14(17-13)8-9-15(20)19-10-4-6-12(19)2/h3,5,7,12H,4,6,8-10H2,1-2H3,(H,17,18). The summed E-state index contributed by atoms with van der Waals surface area (Å²) in [7, 11) is 0. The van der Waals surface area contributed by atoms with E-state index in [1.54, 1.807) is 0 Å². The van der Waals surface area contributed by atoms with Gasteiger partial charge in [-0.05, 0) is 38.3 Å². The molecule has 0 bridgehead atoms. The minimum Gasteiger partial charge on any atom is -0.342 e. The number of benzene rings is 1. The van der Waals surface area contributed by atoms with Crippen LogP contribution in [0.2, 0.25) is 0 Å². The predicted octanol–water partition coefficient (Wildman–Crippen LogP) is 2.81. The van der Waals surface area contributed by atoms with Crippen LogP contribution in [0.5, 0.6) is 0 Å². The normalized spacial score (nSPS) is 18.9. The maximum absolute atomic E-state index is 12.2. The number of H-pyrrole nitrogens is 1. The second-order valence-corrected chi connectivity index (χ2v) is 5.73. The molecule has 2 aromatic rings. The van der Waals surface area contributed by atoms with E-state index in [1.807, 2.05) is 17.0 Å². The van der Waals surface area contributed by atoms with E-state index in [4.69, 9.17) is 0 Å². The number of nitrogens with zero attached hydrogens (tertiary/aromatic N) is 2. The van der Waals surface area contributed by atoms with E-state index in [0.29, 0.717) is 18.9 Å². The number of hydrogen-bond donors (Lipinski definition) is 1. The van der Waals surface area contributed by atoms with Gasteiger partial charge in [-0.2, -0.15) is 0 Å². The zero-order valence-corrected chi connectivity index (χ0v) is 12.1. The summed E-state index contributed by atoms with van der Waals surface area (Å²) in [5.41, 5.74) is 3.25. The van der Waals surface area contributed by atoms with Crippen LogP contribution in [-0.2, 0) is 11.2 Å². The molecule has 1 aliphatic heterocycles.